The van der Waals surface area contributed by atoms with Crippen molar-refractivity contribution in [2.45, 2.75) is 32.5 Å². The minimum absolute atomic E-state index is 0.0369. The summed E-state index contributed by atoms with van der Waals surface area (Å²) in [5.74, 6) is -0.0369. The predicted molar refractivity (Wildman–Crippen MR) is 90.0 cm³/mol. The Morgan fingerprint density at radius 2 is 2.25 bits per heavy atom. The molecule has 7 nitrogen and oxygen atoms in total. The average molecular weight is 332 g/mol. The van der Waals surface area contributed by atoms with Crippen LogP contribution < -0.4 is 0 Å². The first kappa shape index (κ1) is 16.9. The van der Waals surface area contributed by atoms with Gasteiger partial charge in [0, 0.05) is 38.8 Å². The molecule has 1 saturated heterocycles. The Morgan fingerprint density at radius 3 is 2.96 bits per heavy atom. The lowest BCUT2D eigenvalue weighted by atomic mass is 10.0. The van der Waals surface area contributed by atoms with Crippen molar-refractivity contribution in [3.63, 3.8) is 0 Å². The van der Waals surface area contributed by atoms with E-state index in [1.807, 2.05) is 38.8 Å². The molecule has 130 valence electrons. The fourth-order valence-electron chi connectivity index (χ4n) is 3.33. The predicted octanol–water partition coefficient (Wildman–Crippen LogP) is 1.54. The number of ether oxygens (including phenoxy) is 2. The van der Waals surface area contributed by atoms with Gasteiger partial charge in [-0.25, -0.2) is 4.98 Å². The van der Waals surface area contributed by atoms with E-state index in [0.29, 0.717) is 25.3 Å². The highest BCUT2D eigenvalue weighted by atomic mass is 16.5. The van der Waals surface area contributed by atoms with Gasteiger partial charge in [-0.3, -0.25) is 9.48 Å². The van der Waals surface area contributed by atoms with Crippen molar-refractivity contribution in [1.82, 2.24) is 19.7 Å². The highest BCUT2D eigenvalue weighted by molar-refractivity contribution is 5.97. The van der Waals surface area contributed by atoms with E-state index in [9.17, 15) is 4.79 Å². The molecule has 3 rings (SSSR count). The Bertz CT molecular complexity index is 769. The van der Waals surface area contributed by atoms with E-state index in [-0.39, 0.29) is 12.0 Å². The molecule has 1 aliphatic heterocycles. The molecule has 0 aliphatic carbocycles. The maximum absolute atomic E-state index is 13.0. The van der Waals surface area contributed by atoms with Gasteiger partial charge in [0.05, 0.1) is 29.6 Å². The molecule has 3 heterocycles. The van der Waals surface area contributed by atoms with Crippen molar-refractivity contribution >= 4 is 16.9 Å². The number of nitrogens with zero attached hydrogens (tertiary/aromatic N) is 4. The Labute approximate surface area is 141 Å². The monoisotopic (exact) mass is 332 g/mol. The second-order valence-electron chi connectivity index (χ2n) is 6.94. The van der Waals surface area contributed by atoms with Crippen LogP contribution in [0.15, 0.2) is 12.3 Å². The van der Waals surface area contributed by atoms with Gasteiger partial charge in [-0.1, -0.05) is 0 Å². The third-order valence-corrected chi connectivity index (χ3v) is 4.23. The Morgan fingerprint density at radius 1 is 1.50 bits per heavy atom. The quantitative estimate of drug-likeness (QED) is 0.853. The molecular weight excluding hydrogens is 308 g/mol. The number of carbonyl (C=O) groups excluding carboxylic acids is 1. The Kier molecular flexibility index (Phi) is 4.31. The molecule has 0 saturated carbocycles. The molecule has 1 unspecified atom stereocenters. The second-order valence-corrected chi connectivity index (χ2v) is 6.94. The first-order chi connectivity index (χ1) is 11.3. The number of pyridine rings is 1. The van der Waals surface area contributed by atoms with Gasteiger partial charge in [-0.05, 0) is 26.8 Å². The van der Waals surface area contributed by atoms with Crippen LogP contribution in [0.25, 0.3) is 11.0 Å². The molecule has 1 aliphatic rings. The molecule has 0 bridgehead atoms. The van der Waals surface area contributed by atoms with Crippen molar-refractivity contribution in [3.05, 3.63) is 23.5 Å². The van der Waals surface area contributed by atoms with Gasteiger partial charge in [0.1, 0.15) is 0 Å². The van der Waals surface area contributed by atoms with Crippen LogP contribution in [0.2, 0.25) is 0 Å². The lowest BCUT2D eigenvalue weighted by Gasteiger charge is -2.42. The summed E-state index contributed by atoms with van der Waals surface area (Å²) in [5.41, 5.74) is 1.82. The molecule has 1 atom stereocenters. The van der Waals surface area contributed by atoms with E-state index in [0.717, 1.165) is 16.7 Å². The molecule has 2 aromatic rings. The van der Waals surface area contributed by atoms with Crippen molar-refractivity contribution in [2.24, 2.45) is 7.05 Å². The smallest absolute Gasteiger partial charge is 0.255 e. The van der Waals surface area contributed by atoms with Crippen molar-refractivity contribution in [3.8, 4) is 0 Å². The number of amides is 1. The molecule has 7 heteroatoms. The molecule has 0 aromatic carbocycles. The number of morpholine rings is 1. The van der Waals surface area contributed by atoms with Gasteiger partial charge < -0.3 is 14.4 Å². The van der Waals surface area contributed by atoms with Gasteiger partial charge in [0.25, 0.3) is 5.91 Å². The molecule has 1 amide bonds. The van der Waals surface area contributed by atoms with E-state index < -0.39 is 5.60 Å². The van der Waals surface area contributed by atoms with Crippen LogP contribution in [0.5, 0.6) is 0 Å². The van der Waals surface area contributed by atoms with Crippen molar-refractivity contribution in [1.29, 1.82) is 0 Å². The number of aryl methyl sites for hydroxylation is 2. The van der Waals surface area contributed by atoms with Crippen LogP contribution in [0, 0.1) is 6.92 Å². The summed E-state index contributed by atoms with van der Waals surface area (Å²) < 4.78 is 12.9. The number of aromatic nitrogens is 3. The molecule has 0 radical (unpaired) electrons. The lowest BCUT2D eigenvalue weighted by Crippen LogP contribution is -2.55. The highest BCUT2D eigenvalue weighted by Gasteiger charge is 2.36. The van der Waals surface area contributed by atoms with Crippen LogP contribution in [-0.2, 0) is 16.5 Å². The van der Waals surface area contributed by atoms with E-state index in [2.05, 4.69) is 10.1 Å². The molecule has 24 heavy (non-hydrogen) atoms. The van der Waals surface area contributed by atoms with E-state index in [1.165, 1.54) is 0 Å². The first-order valence-electron chi connectivity index (χ1n) is 8.06. The fraction of sp³-hybridized carbons (Fsp3) is 0.588. The van der Waals surface area contributed by atoms with Crippen molar-refractivity contribution < 1.29 is 14.3 Å². The van der Waals surface area contributed by atoms with Gasteiger partial charge in [-0.15, -0.1) is 0 Å². The van der Waals surface area contributed by atoms with Gasteiger partial charge >= 0.3 is 0 Å². The lowest BCUT2D eigenvalue weighted by molar-refractivity contribution is -0.143. The average Bonchev–Trinajstić information content (AvgIpc) is 2.79. The summed E-state index contributed by atoms with van der Waals surface area (Å²) in [6.07, 6.45) is 1.50. The summed E-state index contributed by atoms with van der Waals surface area (Å²) in [6.45, 7) is 7.41. The third-order valence-electron chi connectivity index (χ3n) is 4.23. The van der Waals surface area contributed by atoms with Gasteiger partial charge in [0.15, 0.2) is 5.65 Å². The number of carbonyl (C=O) groups is 1. The Balaban J connectivity index is 1.88. The summed E-state index contributed by atoms with van der Waals surface area (Å²) >= 11 is 0. The highest BCUT2D eigenvalue weighted by Crippen LogP contribution is 2.24. The summed E-state index contributed by atoms with van der Waals surface area (Å²) in [4.78, 5) is 19.2. The van der Waals surface area contributed by atoms with Crippen LogP contribution in [0.1, 0.15) is 29.9 Å². The topological polar surface area (TPSA) is 69.5 Å². The molecular formula is C17H24N4O3. The van der Waals surface area contributed by atoms with E-state index in [1.54, 1.807) is 18.0 Å². The minimum Gasteiger partial charge on any atom is -0.382 e. The largest absolute Gasteiger partial charge is 0.382 e. The number of hydrogen-bond donors (Lipinski definition) is 0. The number of hydrogen-bond acceptors (Lipinski definition) is 5. The van der Waals surface area contributed by atoms with Crippen molar-refractivity contribution in [2.75, 3.05) is 26.8 Å². The molecule has 1 fully saturated rings. The minimum atomic E-state index is -0.404. The zero-order valence-corrected chi connectivity index (χ0v) is 14.9. The maximum atomic E-state index is 13.0. The van der Waals surface area contributed by atoms with Crippen LogP contribution in [0.3, 0.4) is 0 Å². The summed E-state index contributed by atoms with van der Waals surface area (Å²) in [5, 5.41) is 5.26. The van der Waals surface area contributed by atoms with E-state index >= 15 is 0 Å². The number of methoxy groups -OCH3 is 1. The number of rotatable bonds is 3. The second kappa shape index (κ2) is 6.14. The number of fused-ring (bicyclic) bond motifs is 1. The maximum Gasteiger partial charge on any atom is 0.255 e. The zero-order chi connectivity index (χ0) is 17.5. The third kappa shape index (κ3) is 3.14. The standard InChI is InChI=1S/C17H24N4O3/c1-11-14-6-12(7-18-15(14)20(4)19-11)16(22)21-8-13(9-23-5)24-17(2,3)10-21/h6-7,13H,8-10H2,1-5H3. The fourth-order valence-corrected chi connectivity index (χ4v) is 3.33. The first-order valence-corrected chi connectivity index (χ1v) is 8.06. The molecule has 2 aromatic heterocycles. The van der Waals surface area contributed by atoms with Crippen LogP contribution >= 0.6 is 0 Å². The summed E-state index contributed by atoms with van der Waals surface area (Å²) in [6, 6.07) is 1.88. The SMILES string of the molecule is COCC1CN(C(=O)c2cnc3c(c2)c(C)nn3C)CC(C)(C)O1. The zero-order valence-electron chi connectivity index (χ0n) is 14.9. The van der Waals surface area contributed by atoms with Gasteiger partial charge in [0.2, 0.25) is 0 Å². The molecule has 0 N–H and O–H groups in total. The summed E-state index contributed by atoms with van der Waals surface area (Å²) in [7, 11) is 3.49. The Hall–Kier alpha value is -1.99. The van der Waals surface area contributed by atoms with Crippen LogP contribution in [0.4, 0.5) is 0 Å². The van der Waals surface area contributed by atoms with Crippen LogP contribution in [-0.4, -0.2) is 64.1 Å². The molecule has 0 spiro atoms. The van der Waals surface area contributed by atoms with Gasteiger partial charge in [-0.2, -0.15) is 5.10 Å². The van der Waals surface area contributed by atoms with E-state index in [4.69, 9.17) is 9.47 Å². The normalized spacial score (nSPS) is 20.5.